The van der Waals surface area contributed by atoms with E-state index in [0.29, 0.717) is 6.04 Å². The summed E-state index contributed by atoms with van der Waals surface area (Å²) >= 11 is 3.93. The predicted octanol–water partition coefficient (Wildman–Crippen LogP) is 3.06. The third-order valence-electron chi connectivity index (χ3n) is 3.37. The zero-order valence-corrected chi connectivity index (χ0v) is 14.2. The second-order valence-electron chi connectivity index (χ2n) is 6.24. The minimum atomic E-state index is 0.161. The van der Waals surface area contributed by atoms with Gasteiger partial charge in [0.15, 0.2) is 0 Å². The van der Waals surface area contributed by atoms with Gasteiger partial charge in [-0.25, -0.2) is 4.98 Å². The fraction of sp³-hybridized carbons (Fsp3) is 0.786. The Labute approximate surface area is 125 Å². The minimum absolute atomic E-state index is 0.161. The van der Waals surface area contributed by atoms with Crippen LogP contribution >= 0.6 is 23.1 Å². The van der Waals surface area contributed by atoms with E-state index in [1.807, 2.05) is 23.1 Å². The van der Waals surface area contributed by atoms with Gasteiger partial charge in [0.2, 0.25) is 0 Å². The molecule has 0 radical (unpaired) electrons. The van der Waals surface area contributed by atoms with Crippen molar-refractivity contribution < 1.29 is 0 Å². The van der Waals surface area contributed by atoms with Crippen LogP contribution in [0.5, 0.6) is 0 Å². The molecule has 19 heavy (non-hydrogen) atoms. The lowest BCUT2D eigenvalue weighted by Gasteiger charge is -2.30. The molecule has 0 aliphatic carbocycles. The van der Waals surface area contributed by atoms with Gasteiger partial charge >= 0.3 is 0 Å². The second-order valence-corrected chi connectivity index (χ2v) is 8.50. The van der Waals surface area contributed by atoms with Gasteiger partial charge in [-0.1, -0.05) is 0 Å². The molecule has 1 N–H and O–H groups in total. The summed E-state index contributed by atoms with van der Waals surface area (Å²) in [7, 11) is 2.22. The van der Waals surface area contributed by atoms with Crippen LogP contribution in [0.25, 0.3) is 0 Å². The molecule has 1 fully saturated rings. The molecule has 2 heterocycles. The molecule has 2 rings (SSSR count). The normalized spacial score (nSPS) is 21.8. The Balaban J connectivity index is 2.07. The number of hydrogen-bond acceptors (Lipinski definition) is 5. The molecule has 0 amide bonds. The molecule has 1 atom stereocenters. The van der Waals surface area contributed by atoms with Gasteiger partial charge in [-0.15, -0.1) is 11.3 Å². The zero-order valence-electron chi connectivity index (χ0n) is 12.6. The monoisotopic (exact) mass is 299 g/mol. The van der Waals surface area contributed by atoms with E-state index in [1.165, 1.54) is 33.6 Å². The Morgan fingerprint density at radius 1 is 1.42 bits per heavy atom. The number of hydrogen-bond donors (Lipinski definition) is 1. The molecule has 5 heteroatoms. The SMILES string of the molecule is Cc1nc(C2CSCCN2C)sc1CNC(C)(C)C. The summed E-state index contributed by atoms with van der Waals surface area (Å²) < 4.78 is 0. The molecule has 1 aliphatic heterocycles. The molecule has 3 nitrogen and oxygen atoms in total. The molecule has 1 aliphatic rings. The molecular formula is C14H25N3S2. The van der Waals surface area contributed by atoms with Crippen LogP contribution in [-0.4, -0.2) is 40.5 Å². The number of rotatable bonds is 3. The number of aromatic nitrogens is 1. The molecule has 0 spiro atoms. The molecule has 0 aromatic carbocycles. The molecule has 0 saturated carbocycles. The van der Waals surface area contributed by atoms with Gasteiger partial charge in [0, 0.05) is 35.0 Å². The first kappa shape index (κ1) is 15.3. The first-order valence-electron chi connectivity index (χ1n) is 6.86. The van der Waals surface area contributed by atoms with Crippen LogP contribution in [0.3, 0.4) is 0 Å². The molecule has 0 bridgehead atoms. The summed E-state index contributed by atoms with van der Waals surface area (Å²) in [5.74, 6) is 2.42. The lowest BCUT2D eigenvalue weighted by molar-refractivity contribution is 0.274. The average molecular weight is 300 g/mol. The fourth-order valence-corrected chi connectivity index (χ4v) is 4.55. The van der Waals surface area contributed by atoms with Crippen molar-refractivity contribution in [2.75, 3.05) is 25.1 Å². The van der Waals surface area contributed by atoms with Crippen molar-refractivity contribution in [3.05, 3.63) is 15.6 Å². The van der Waals surface area contributed by atoms with E-state index in [9.17, 15) is 0 Å². The lowest BCUT2D eigenvalue weighted by atomic mass is 10.1. The third kappa shape index (κ3) is 4.18. The predicted molar refractivity (Wildman–Crippen MR) is 86.1 cm³/mol. The number of nitrogens with one attached hydrogen (secondary N) is 1. The van der Waals surface area contributed by atoms with Crippen LogP contribution in [0.2, 0.25) is 0 Å². The summed E-state index contributed by atoms with van der Waals surface area (Å²) in [6.45, 7) is 10.8. The van der Waals surface area contributed by atoms with Crippen LogP contribution in [0, 0.1) is 6.92 Å². The van der Waals surface area contributed by atoms with Crippen LogP contribution in [0.1, 0.15) is 42.4 Å². The standard InChI is InChI=1S/C14H25N3S2/c1-10-12(8-15-14(2,3)4)19-13(16-10)11-9-18-7-6-17(11)5/h11,15H,6-9H2,1-5H3. The third-order valence-corrected chi connectivity index (χ3v) is 5.65. The van der Waals surface area contributed by atoms with Crippen molar-refractivity contribution in [3.63, 3.8) is 0 Å². The highest BCUT2D eigenvalue weighted by Gasteiger charge is 2.25. The Morgan fingerprint density at radius 2 is 2.16 bits per heavy atom. The highest BCUT2D eigenvalue weighted by molar-refractivity contribution is 7.99. The van der Waals surface area contributed by atoms with Crippen molar-refractivity contribution >= 4 is 23.1 Å². The lowest BCUT2D eigenvalue weighted by Crippen LogP contribution is -2.35. The summed E-state index contributed by atoms with van der Waals surface area (Å²) in [6.07, 6.45) is 0. The van der Waals surface area contributed by atoms with Crippen LogP contribution < -0.4 is 5.32 Å². The number of thiazole rings is 1. The van der Waals surface area contributed by atoms with E-state index in [0.717, 1.165) is 6.54 Å². The van der Waals surface area contributed by atoms with Crippen LogP contribution in [-0.2, 0) is 6.54 Å². The van der Waals surface area contributed by atoms with Gasteiger partial charge in [0.25, 0.3) is 0 Å². The first-order chi connectivity index (χ1) is 8.87. The maximum atomic E-state index is 4.81. The van der Waals surface area contributed by atoms with Crippen molar-refractivity contribution in [3.8, 4) is 0 Å². The summed E-state index contributed by atoms with van der Waals surface area (Å²) in [4.78, 5) is 8.63. The second kappa shape index (κ2) is 6.12. The molecule has 1 unspecified atom stereocenters. The molecule has 1 saturated heterocycles. The molecule has 1 aromatic rings. The van der Waals surface area contributed by atoms with Gasteiger partial charge < -0.3 is 5.32 Å². The number of aryl methyl sites for hydroxylation is 1. The average Bonchev–Trinajstić information content (AvgIpc) is 2.68. The number of nitrogens with zero attached hydrogens (tertiary/aromatic N) is 2. The highest BCUT2D eigenvalue weighted by atomic mass is 32.2. The van der Waals surface area contributed by atoms with Crippen molar-refractivity contribution in [2.24, 2.45) is 0 Å². The summed E-state index contributed by atoms with van der Waals surface area (Å²) in [5, 5.41) is 4.85. The van der Waals surface area contributed by atoms with E-state index in [4.69, 9.17) is 4.98 Å². The van der Waals surface area contributed by atoms with Gasteiger partial charge in [0.1, 0.15) is 5.01 Å². The summed E-state index contributed by atoms with van der Waals surface area (Å²) in [6, 6.07) is 0.505. The topological polar surface area (TPSA) is 28.2 Å². The van der Waals surface area contributed by atoms with Gasteiger partial charge in [-0.2, -0.15) is 11.8 Å². The van der Waals surface area contributed by atoms with E-state index in [2.05, 4.69) is 45.0 Å². The van der Waals surface area contributed by atoms with Crippen molar-refractivity contribution in [2.45, 2.75) is 45.8 Å². The maximum absolute atomic E-state index is 4.81. The van der Waals surface area contributed by atoms with Crippen LogP contribution in [0.15, 0.2) is 0 Å². The van der Waals surface area contributed by atoms with Gasteiger partial charge in [-0.3, -0.25) is 4.90 Å². The molecule has 108 valence electrons. The fourth-order valence-electron chi connectivity index (χ4n) is 2.05. The smallest absolute Gasteiger partial charge is 0.111 e. The molecule has 1 aromatic heterocycles. The Kier molecular flexibility index (Phi) is 4.93. The van der Waals surface area contributed by atoms with Crippen LogP contribution in [0.4, 0.5) is 0 Å². The Hall–Kier alpha value is -0.100. The van der Waals surface area contributed by atoms with Gasteiger partial charge in [0.05, 0.1) is 11.7 Å². The van der Waals surface area contributed by atoms with E-state index >= 15 is 0 Å². The number of thioether (sulfide) groups is 1. The minimum Gasteiger partial charge on any atom is -0.307 e. The quantitative estimate of drug-likeness (QED) is 0.928. The van der Waals surface area contributed by atoms with Crippen molar-refractivity contribution in [1.82, 2.24) is 15.2 Å². The van der Waals surface area contributed by atoms with E-state index in [1.54, 1.807) is 0 Å². The Morgan fingerprint density at radius 3 is 2.79 bits per heavy atom. The maximum Gasteiger partial charge on any atom is 0.111 e. The van der Waals surface area contributed by atoms with E-state index in [-0.39, 0.29) is 5.54 Å². The molecular weight excluding hydrogens is 274 g/mol. The Bertz CT molecular complexity index is 423. The highest BCUT2D eigenvalue weighted by Crippen LogP contribution is 2.32. The van der Waals surface area contributed by atoms with Crippen molar-refractivity contribution in [1.29, 1.82) is 0 Å². The first-order valence-corrected chi connectivity index (χ1v) is 8.83. The van der Waals surface area contributed by atoms with E-state index < -0.39 is 0 Å². The van der Waals surface area contributed by atoms with Gasteiger partial charge in [-0.05, 0) is 34.7 Å². The largest absolute Gasteiger partial charge is 0.307 e. The summed E-state index contributed by atoms with van der Waals surface area (Å²) in [5.41, 5.74) is 1.36. The zero-order chi connectivity index (χ0) is 14.0.